The van der Waals surface area contributed by atoms with Crippen LogP contribution in [0.1, 0.15) is 5.69 Å². The second-order valence-electron chi connectivity index (χ2n) is 3.47. The number of nitro groups is 1. The summed E-state index contributed by atoms with van der Waals surface area (Å²) in [4.78, 5) is 10.2. The molecule has 1 heterocycles. The van der Waals surface area contributed by atoms with Crippen LogP contribution in [-0.2, 0) is 13.5 Å². The third-order valence-electron chi connectivity index (χ3n) is 2.48. The molecule has 0 aliphatic rings. The number of aryl methyl sites for hydroxylation is 2. The van der Waals surface area contributed by atoms with Crippen LogP contribution in [0.25, 0.3) is 10.9 Å². The molecule has 0 saturated carbocycles. The van der Waals surface area contributed by atoms with Crippen molar-refractivity contribution in [3.63, 3.8) is 0 Å². The molecule has 1 aromatic heterocycles. The number of nitrogens with zero attached hydrogens (tertiary/aromatic N) is 3. The minimum Gasteiger partial charge on any atom is -0.271 e. The van der Waals surface area contributed by atoms with Gasteiger partial charge in [0.1, 0.15) is 0 Å². The Morgan fingerprint density at radius 2 is 2.31 bits per heavy atom. The summed E-state index contributed by atoms with van der Waals surface area (Å²) in [5.41, 5.74) is 1.84. The van der Waals surface area contributed by atoms with Gasteiger partial charge in [0.05, 0.1) is 10.4 Å². The molecular weight excluding hydrogens is 274 g/mol. The van der Waals surface area contributed by atoms with Gasteiger partial charge in [-0.3, -0.25) is 14.8 Å². The van der Waals surface area contributed by atoms with Crippen LogP contribution >= 0.6 is 15.9 Å². The van der Waals surface area contributed by atoms with Crippen LogP contribution in [0.3, 0.4) is 0 Å². The van der Waals surface area contributed by atoms with Gasteiger partial charge < -0.3 is 0 Å². The van der Waals surface area contributed by atoms with E-state index in [4.69, 9.17) is 0 Å². The molecule has 0 bridgehead atoms. The standard InChI is InChI=1S/C10H10BrN3O2/c1-13-10(4-5-11)8-3-2-7(14(15)16)6-9(8)12-13/h2-3,6H,4-5H2,1H3. The lowest BCUT2D eigenvalue weighted by atomic mass is 10.1. The molecule has 6 heteroatoms. The molecular formula is C10H10BrN3O2. The number of non-ortho nitro benzene ring substituents is 1. The molecule has 2 rings (SSSR count). The summed E-state index contributed by atoms with van der Waals surface area (Å²) in [6.45, 7) is 0. The van der Waals surface area contributed by atoms with Crippen LogP contribution in [0.15, 0.2) is 18.2 Å². The van der Waals surface area contributed by atoms with Gasteiger partial charge in [-0.1, -0.05) is 15.9 Å². The maximum Gasteiger partial charge on any atom is 0.271 e. The molecule has 0 atom stereocenters. The topological polar surface area (TPSA) is 61.0 Å². The first-order valence-electron chi connectivity index (χ1n) is 4.79. The van der Waals surface area contributed by atoms with Crippen LogP contribution in [0.5, 0.6) is 0 Å². The zero-order valence-electron chi connectivity index (χ0n) is 8.68. The van der Waals surface area contributed by atoms with Crippen molar-refractivity contribution in [3.8, 4) is 0 Å². The normalized spacial score (nSPS) is 10.9. The van der Waals surface area contributed by atoms with E-state index in [-0.39, 0.29) is 5.69 Å². The van der Waals surface area contributed by atoms with Crippen molar-refractivity contribution in [1.29, 1.82) is 0 Å². The number of benzene rings is 1. The van der Waals surface area contributed by atoms with E-state index >= 15 is 0 Å². The van der Waals surface area contributed by atoms with E-state index in [2.05, 4.69) is 21.0 Å². The Morgan fingerprint density at radius 3 is 2.94 bits per heavy atom. The first-order valence-corrected chi connectivity index (χ1v) is 5.91. The van der Waals surface area contributed by atoms with Gasteiger partial charge in [-0.05, 0) is 12.5 Å². The third kappa shape index (κ3) is 1.80. The predicted molar refractivity (Wildman–Crippen MR) is 64.9 cm³/mol. The van der Waals surface area contributed by atoms with E-state index in [1.807, 2.05) is 7.05 Å². The Balaban J connectivity index is 2.60. The number of alkyl halides is 1. The van der Waals surface area contributed by atoms with Crippen molar-refractivity contribution in [1.82, 2.24) is 9.78 Å². The van der Waals surface area contributed by atoms with Crippen LogP contribution < -0.4 is 0 Å². The Kier molecular flexibility index (Phi) is 2.91. The second-order valence-corrected chi connectivity index (χ2v) is 4.26. The molecule has 0 radical (unpaired) electrons. The third-order valence-corrected chi connectivity index (χ3v) is 2.88. The first-order chi connectivity index (χ1) is 7.63. The van der Waals surface area contributed by atoms with Crippen molar-refractivity contribution in [2.24, 2.45) is 7.05 Å². The number of aromatic nitrogens is 2. The second kappa shape index (κ2) is 4.21. The fraction of sp³-hybridized carbons (Fsp3) is 0.300. The highest BCUT2D eigenvalue weighted by atomic mass is 79.9. The van der Waals surface area contributed by atoms with Gasteiger partial charge in [-0.2, -0.15) is 5.10 Å². The Labute approximate surface area is 100 Å². The molecule has 0 spiro atoms. The minimum absolute atomic E-state index is 0.0796. The van der Waals surface area contributed by atoms with Gasteiger partial charge >= 0.3 is 0 Å². The Hall–Kier alpha value is -1.43. The fourth-order valence-electron chi connectivity index (χ4n) is 1.74. The fourth-order valence-corrected chi connectivity index (χ4v) is 2.12. The Bertz CT molecular complexity index is 550. The summed E-state index contributed by atoms with van der Waals surface area (Å²) < 4.78 is 1.77. The number of hydrogen-bond acceptors (Lipinski definition) is 3. The largest absolute Gasteiger partial charge is 0.271 e. The SMILES string of the molecule is Cn1nc2cc([N+](=O)[O-])ccc2c1CCBr. The summed E-state index contributed by atoms with van der Waals surface area (Å²) in [6, 6.07) is 4.78. The summed E-state index contributed by atoms with van der Waals surface area (Å²) in [5.74, 6) is 0. The van der Waals surface area contributed by atoms with E-state index in [1.54, 1.807) is 10.7 Å². The molecule has 0 amide bonds. The molecule has 0 aliphatic carbocycles. The van der Waals surface area contributed by atoms with Crippen molar-refractivity contribution in [2.75, 3.05) is 5.33 Å². The highest BCUT2D eigenvalue weighted by Gasteiger charge is 2.12. The van der Waals surface area contributed by atoms with Gasteiger partial charge in [0, 0.05) is 35.6 Å². The van der Waals surface area contributed by atoms with Crippen molar-refractivity contribution < 1.29 is 4.92 Å². The molecule has 5 nitrogen and oxygen atoms in total. The van der Waals surface area contributed by atoms with E-state index < -0.39 is 4.92 Å². The number of halogens is 1. The predicted octanol–water partition coefficient (Wildman–Crippen LogP) is 2.42. The molecule has 16 heavy (non-hydrogen) atoms. The summed E-state index contributed by atoms with van der Waals surface area (Å²) in [6.07, 6.45) is 0.852. The van der Waals surface area contributed by atoms with Crippen molar-refractivity contribution in [2.45, 2.75) is 6.42 Å². The van der Waals surface area contributed by atoms with Gasteiger partial charge in [-0.15, -0.1) is 0 Å². The molecule has 0 N–H and O–H groups in total. The molecule has 0 saturated heterocycles. The van der Waals surface area contributed by atoms with Gasteiger partial charge in [0.25, 0.3) is 5.69 Å². The lowest BCUT2D eigenvalue weighted by Crippen LogP contribution is -1.98. The number of fused-ring (bicyclic) bond motifs is 1. The average Bonchev–Trinajstić information content (AvgIpc) is 2.55. The van der Waals surface area contributed by atoms with Crippen LogP contribution in [0.2, 0.25) is 0 Å². The molecule has 0 unspecified atom stereocenters. The zero-order valence-corrected chi connectivity index (χ0v) is 10.3. The van der Waals surface area contributed by atoms with Gasteiger partial charge in [0.2, 0.25) is 0 Å². The van der Waals surface area contributed by atoms with Crippen LogP contribution in [-0.4, -0.2) is 20.0 Å². The quantitative estimate of drug-likeness (QED) is 0.494. The smallest absolute Gasteiger partial charge is 0.271 e. The minimum atomic E-state index is -0.404. The summed E-state index contributed by atoms with van der Waals surface area (Å²) in [5, 5.41) is 16.7. The maximum atomic E-state index is 10.6. The number of nitro benzene ring substituents is 1. The monoisotopic (exact) mass is 283 g/mol. The van der Waals surface area contributed by atoms with Gasteiger partial charge in [-0.25, -0.2) is 0 Å². The lowest BCUT2D eigenvalue weighted by Gasteiger charge is -1.98. The van der Waals surface area contributed by atoms with Crippen molar-refractivity contribution >= 4 is 32.5 Å². The maximum absolute atomic E-state index is 10.6. The molecule has 0 aliphatic heterocycles. The average molecular weight is 284 g/mol. The van der Waals surface area contributed by atoms with Crippen LogP contribution in [0.4, 0.5) is 5.69 Å². The molecule has 1 aromatic carbocycles. The Morgan fingerprint density at radius 1 is 1.56 bits per heavy atom. The van der Waals surface area contributed by atoms with E-state index in [9.17, 15) is 10.1 Å². The first kappa shape index (κ1) is 11.1. The summed E-state index contributed by atoms with van der Waals surface area (Å²) in [7, 11) is 1.85. The number of rotatable bonds is 3. The van der Waals surface area contributed by atoms with E-state index in [0.717, 1.165) is 22.8 Å². The van der Waals surface area contributed by atoms with E-state index in [0.29, 0.717) is 5.52 Å². The number of hydrogen-bond donors (Lipinski definition) is 0. The van der Waals surface area contributed by atoms with E-state index in [1.165, 1.54) is 12.1 Å². The summed E-state index contributed by atoms with van der Waals surface area (Å²) >= 11 is 3.38. The zero-order chi connectivity index (χ0) is 11.7. The molecule has 2 aromatic rings. The molecule has 0 fully saturated rings. The lowest BCUT2D eigenvalue weighted by molar-refractivity contribution is -0.384. The van der Waals surface area contributed by atoms with Gasteiger partial charge in [0.15, 0.2) is 0 Å². The van der Waals surface area contributed by atoms with Crippen molar-refractivity contribution in [3.05, 3.63) is 34.0 Å². The molecule has 84 valence electrons. The highest BCUT2D eigenvalue weighted by Crippen LogP contribution is 2.23. The highest BCUT2D eigenvalue weighted by molar-refractivity contribution is 9.09. The van der Waals surface area contributed by atoms with Crippen LogP contribution in [0, 0.1) is 10.1 Å².